The van der Waals surface area contributed by atoms with E-state index >= 15 is 0 Å². The summed E-state index contributed by atoms with van der Waals surface area (Å²) in [4.78, 5) is 0. The van der Waals surface area contributed by atoms with Crippen molar-refractivity contribution in [2.24, 2.45) is 0 Å². The first-order chi connectivity index (χ1) is 15.1. The molecule has 0 radical (unpaired) electrons. The maximum Gasteiger partial charge on any atom is 0.222 e. The molecular weight excluding hydrogens is 447 g/mol. The molecule has 32 heavy (non-hydrogen) atoms. The van der Waals surface area contributed by atoms with Gasteiger partial charge in [0.25, 0.3) is 0 Å². The van der Waals surface area contributed by atoms with E-state index in [-0.39, 0.29) is 22.8 Å². The van der Waals surface area contributed by atoms with Crippen molar-refractivity contribution in [1.82, 2.24) is 0 Å². The highest BCUT2D eigenvalue weighted by Gasteiger charge is 2.60. The first-order valence-electron chi connectivity index (χ1n) is 10.0. The molecule has 1 saturated heterocycles. The van der Waals surface area contributed by atoms with E-state index in [0.29, 0.717) is 17.7 Å². The van der Waals surface area contributed by atoms with Crippen LogP contribution in [0.5, 0.6) is 5.75 Å². The number of rotatable bonds is 7. The fourth-order valence-corrected chi connectivity index (χ4v) is 3.94. The molecule has 0 saturated carbocycles. The summed E-state index contributed by atoms with van der Waals surface area (Å²) in [6, 6.07) is 8.57. The molecule has 8 nitrogen and oxygen atoms in total. The molecule has 1 fully saturated rings. The van der Waals surface area contributed by atoms with Crippen molar-refractivity contribution in [1.29, 1.82) is 0 Å². The normalized spacial score (nSPS) is 27.3. The maximum atomic E-state index is 14.2. The lowest BCUT2D eigenvalue weighted by Gasteiger charge is -2.51. The SMILES string of the molecule is CCOc1ccc(Cc2cc([C@]3(O)OC(CO)(CO)[C@@H](O)[C@H](O)[C@H]3O)ccc2Cl)cc1F. The zero-order valence-electron chi connectivity index (χ0n) is 17.3. The summed E-state index contributed by atoms with van der Waals surface area (Å²) < 4.78 is 24.8. The molecule has 0 spiro atoms. The molecule has 2 aromatic rings. The van der Waals surface area contributed by atoms with Gasteiger partial charge in [-0.05, 0) is 48.7 Å². The highest BCUT2D eigenvalue weighted by atomic mass is 35.5. The maximum absolute atomic E-state index is 14.2. The number of ether oxygens (including phenoxy) is 2. The van der Waals surface area contributed by atoms with Crippen LogP contribution in [0.4, 0.5) is 4.39 Å². The van der Waals surface area contributed by atoms with Gasteiger partial charge in [0.1, 0.15) is 23.9 Å². The fraction of sp³-hybridized carbons (Fsp3) is 0.455. The molecule has 0 aliphatic carbocycles. The minimum atomic E-state index is -2.59. The Morgan fingerprint density at radius 1 is 1.06 bits per heavy atom. The van der Waals surface area contributed by atoms with Crippen LogP contribution in [0.15, 0.2) is 36.4 Å². The smallest absolute Gasteiger partial charge is 0.222 e. The molecule has 2 aromatic carbocycles. The zero-order valence-corrected chi connectivity index (χ0v) is 18.0. The van der Waals surface area contributed by atoms with E-state index in [1.54, 1.807) is 13.0 Å². The average Bonchev–Trinajstić information content (AvgIpc) is 2.78. The third-order valence-electron chi connectivity index (χ3n) is 5.63. The van der Waals surface area contributed by atoms with E-state index in [0.717, 1.165) is 0 Å². The van der Waals surface area contributed by atoms with Gasteiger partial charge < -0.3 is 40.1 Å². The van der Waals surface area contributed by atoms with Crippen LogP contribution >= 0.6 is 11.6 Å². The van der Waals surface area contributed by atoms with Gasteiger partial charge in [-0.2, -0.15) is 0 Å². The Morgan fingerprint density at radius 3 is 2.34 bits per heavy atom. The molecule has 0 aromatic heterocycles. The highest BCUT2D eigenvalue weighted by Crippen LogP contribution is 2.42. The summed E-state index contributed by atoms with van der Waals surface area (Å²) in [7, 11) is 0. The second kappa shape index (κ2) is 9.58. The van der Waals surface area contributed by atoms with Crippen LogP contribution in [0, 0.1) is 5.82 Å². The molecule has 3 rings (SSSR count). The Kier molecular flexibility index (Phi) is 7.43. The van der Waals surface area contributed by atoms with Crippen LogP contribution in [0.2, 0.25) is 5.02 Å². The van der Waals surface area contributed by atoms with Crippen molar-refractivity contribution in [3.8, 4) is 5.75 Å². The molecule has 176 valence electrons. The number of aliphatic hydroxyl groups is 6. The average molecular weight is 473 g/mol. The summed E-state index contributed by atoms with van der Waals surface area (Å²) in [6.07, 6.45) is -5.67. The third kappa shape index (κ3) is 4.35. The van der Waals surface area contributed by atoms with E-state index in [1.807, 2.05) is 0 Å². The van der Waals surface area contributed by atoms with Gasteiger partial charge in [0.2, 0.25) is 5.79 Å². The summed E-state index contributed by atoms with van der Waals surface area (Å²) in [5, 5.41) is 61.6. The monoisotopic (exact) mass is 472 g/mol. The Bertz CT molecular complexity index is 954. The Balaban J connectivity index is 1.97. The predicted octanol–water partition coefficient (Wildman–Crippen LogP) is 0.450. The van der Waals surface area contributed by atoms with Gasteiger partial charge in [0, 0.05) is 10.6 Å². The predicted molar refractivity (Wildman–Crippen MR) is 112 cm³/mol. The van der Waals surface area contributed by atoms with E-state index < -0.39 is 48.7 Å². The molecule has 0 amide bonds. The van der Waals surface area contributed by atoms with Crippen molar-refractivity contribution in [2.75, 3.05) is 19.8 Å². The third-order valence-corrected chi connectivity index (χ3v) is 6.00. The van der Waals surface area contributed by atoms with Crippen molar-refractivity contribution in [2.45, 2.75) is 43.0 Å². The van der Waals surface area contributed by atoms with Gasteiger partial charge in [0.05, 0.1) is 19.8 Å². The van der Waals surface area contributed by atoms with E-state index in [1.165, 1.54) is 30.3 Å². The van der Waals surface area contributed by atoms with Crippen molar-refractivity contribution in [3.05, 3.63) is 63.9 Å². The number of hydrogen-bond donors (Lipinski definition) is 6. The lowest BCUT2D eigenvalue weighted by Crippen LogP contribution is -2.70. The zero-order chi connectivity index (χ0) is 23.7. The number of aliphatic hydroxyl groups excluding tert-OH is 5. The Hall–Kier alpha value is -1.82. The van der Waals surface area contributed by atoms with Crippen LogP contribution in [-0.4, -0.2) is 74.4 Å². The molecule has 6 N–H and O–H groups in total. The molecule has 1 aliphatic rings. The van der Waals surface area contributed by atoms with E-state index in [2.05, 4.69) is 0 Å². The van der Waals surface area contributed by atoms with Crippen molar-refractivity contribution in [3.63, 3.8) is 0 Å². The molecule has 1 aliphatic heterocycles. The van der Waals surface area contributed by atoms with Crippen LogP contribution < -0.4 is 4.74 Å². The van der Waals surface area contributed by atoms with Crippen LogP contribution in [0.3, 0.4) is 0 Å². The Morgan fingerprint density at radius 2 is 1.75 bits per heavy atom. The highest BCUT2D eigenvalue weighted by molar-refractivity contribution is 6.31. The molecule has 0 unspecified atom stereocenters. The molecule has 0 bridgehead atoms. The fourth-order valence-electron chi connectivity index (χ4n) is 3.76. The number of hydrogen-bond acceptors (Lipinski definition) is 8. The van der Waals surface area contributed by atoms with Gasteiger partial charge in [0.15, 0.2) is 11.6 Å². The topological polar surface area (TPSA) is 140 Å². The summed E-state index contributed by atoms with van der Waals surface area (Å²) in [5.74, 6) is -3.02. The van der Waals surface area contributed by atoms with Gasteiger partial charge in [-0.25, -0.2) is 4.39 Å². The van der Waals surface area contributed by atoms with Crippen LogP contribution in [0.25, 0.3) is 0 Å². The number of halogens is 2. The largest absolute Gasteiger partial charge is 0.491 e. The van der Waals surface area contributed by atoms with Crippen LogP contribution in [0.1, 0.15) is 23.6 Å². The minimum absolute atomic E-state index is 0.0481. The van der Waals surface area contributed by atoms with Gasteiger partial charge >= 0.3 is 0 Å². The van der Waals surface area contributed by atoms with Crippen molar-refractivity contribution >= 4 is 11.6 Å². The van der Waals surface area contributed by atoms with Gasteiger partial charge in [-0.1, -0.05) is 23.7 Å². The summed E-state index contributed by atoms with van der Waals surface area (Å²) in [5.41, 5.74) is -1.19. The minimum Gasteiger partial charge on any atom is -0.491 e. The first kappa shape index (κ1) is 24.8. The quantitative estimate of drug-likeness (QED) is 0.341. The molecule has 4 atom stereocenters. The van der Waals surface area contributed by atoms with E-state index in [9.17, 15) is 35.0 Å². The molecule has 1 heterocycles. The first-order valence-corrected chi connectivity index (χ1v) is 10.4. The van der Waals surface area contributed by atoms with Gasteiger partial charge in [-0.3, -0.25) is 0 Å². The summed E-state index contributed by atoms with van der Waals surface area (Å²) >= 11 is 6.28. The Labute approximate surface area is 189 Å². The second-order valence-corrected chi connectivity index (χ2v) is 8.15. The second-order valence-electron chi connectivity index (χ2n) is 7.74. The lowest BCUT2D eigenvalue weighted by atomic mass is 9.81. The van der Waals surface area contributed by atoms with E-state index in [4.69, 9.17) is 21.1 Å². The standard InChI is InChI=1S/C22H26ClFO8/c1-2-31-17-6-3-12(8-16(17)24)7-13-9-14(4-5-15(13)23)22(30)20(29)18(27)19(28)21(10-25,11-26)32-22/h3-6,8-9,18-20,25-30H,2,7,10-11H2,1H3/t18-,19-,20+,22-/m0/s1. The van der Waals surface area contributed by atoms with Gasteiger partial charge in [-0.15, -0.1) is 0 Å². The molecular formula is C22H26ClFO8. The lowest BCUT2D eigenvalue weighted by molar-refractivity contribution is -0.395. The van der Waals surface area contributed by atoms with Crippen molar-refractivity contribution < 1.29 is 44.5 Å². The summed E-state index contributed by atoms with van der Waals surface area (Å²) in [6.45, 7) is 0.170. The molecule has 10 heteroatoms. The van der Waals surface area contributed by atoms with Crippen LogP contribution in [-0.2, 0) is 16.9 Å². The number of benzene rings is 2.